The Morgan fingerprint density at radius 2 is 1.67 bits per heavy atom. The van der Waals surface area contributed by atoms with Crippen molar-refractivity contribution in [3.05, 3.63) is 90.3 Å². The molecular weight excluding hydrogens is 410 g/mol. The van der Waals surface area contributed by atoms with E-state index in [0.717, 1.165) is 59.6 Å². The first-order chi connectivity index (χ1) is 16.1. The lowest BCUT2D eigenvalue weighted by molar-refractivity contribution is 0.102. The minimum absolute atomic E-state index is 0.135. The van der Waals surface area contributed by atoms with E-state index in [0.29, 0.717) is 5.56 Å². The van der Waals surface area contributed by atoms with Crippen LogP contribution in [0, 0.1) is 0 Å². The number of pyridine rings is 2. The van der Waals surface area contributed by atoms with Crippen LogP contribution in [0.3, 0.4) is 0 Å². The van der Waals surface area contributed by atoms with Crippen LogP contribution in [-0.2, 0) is 6.42 Å². The molecule has 2 N–H and O–H groups in total. The molecule has 33 heavy (non-hydrogen) atoms. The fourth-order valence-electron chi connectivity index (χ4n) is 3.64. The van der Waals surface area contributed by atoms with Crippen molar-refractivity contribution in [2.45, 2.75) is 19.3 Å². The van der Waals surface area contributed by atoms with Gasteiger partial charge < -0.3 is 15.5 Å². The molecule has 4 aromatic rings. The predicted molar refractivity (Wildman–Crippen MR) is 135 cm³/mol. The summed E-state index contributed by atoms with van der Waals surface area (Å²) in [5, 5.41) is 7.30. The molecule has 0 aliphatic heterocycles. The third-order valence-corrected chi connectivity index (χ3v) is 5.41. The van der Waals surface area contributed by atoms with Gasteiger partial charge in [0.05, 0.1) is 5.69 Å². The molecule has 0 aliphatic rings. The monoisotopic (exact) mass is 439 g/mol. The molecular formula is C27H29N5O. The third-order valence-electron chi connectivity index (χ3n) is 5.41. The highest BCUT2D eigenvalue weighted by molar-refractivity contribution is 6.04. The van der Waals surface area contributed by atoms with Gasteiger partial charge in [-0.3, -0.25) is 4.79 Å². The van der Waals surface area contributed by atoms with E-state index in [1.165, 1.54) is 0 Å². The Labute approximate surface area is 194 Å². The molecule has 168 valence electrons. The number of amides is 1. The lowest BCUT2D eigenvalue weighted by atomic mass is 10.1. The van der Waals surface area contributed by atoms with Crippen LogP contribution < -0.4 is 10.6 Å². The molecule has 0 saturated heterocycles. The molecule has 0 aliphatic carbocycles. The number of benzene rings is 2. The standard InChI is InChI=1S/C27H29N5O/c1-32(2)19-7-6-10-22-15-16-24-25(17-18-28-26(24)30-22)29-23-13-11-20(12-14-23)27(33)31-21-8-4-3-5-9-21/h3-5,8-9,11-18H,6-7,10,19H2,1-2H3,(H,31,33)(H,28,29,30). The van der Waals surface area contributed by atoms with Crippen molar-refractivity contribution in [2.24, 2.45) is 0 Å². The van der Waals surface area contributed by atoms with E-state index in [1.807, 2.05) is 60.7 Å². The van der Waals surface area contributed by atoms with Gasteiger partial charge in [-0.25, -0.2) is 9.97 Å². The first-order valence-corrected chi connectivity index (χ1v) is 11.2. The maximum absolute atomic E-state index is 12.5. The number of carbonyl (C=O) groups excluding carboxylic acids is 1. The van der Waals surface area contributed by atoms with Crippen molar-refractivity contribution in [1.82, 2.24) is 14.9 Å². The minimum Gasteiger partial charge on any atom is -0.355 e. The summed E-state index contributed by atoms with van der Waals surface area (Å²) in [6.45, 7) is 1.09. The number of aryl methyl sites for hydroxylation is 1. The van der Waals surface area contributed by atoms with Gasteiger partial charge >= 0.3 is 0 Å². The molecule has 6 heteroatoms. The molecule has 1 amide bonds. The number of fused-ring (bicyclic) bond motifs is 1. The normalized spacial score (nSPS) is 11.0. The van der Waals surface area contributed by atoms with Crippen molar-refractivity contribution in [3.63, 3.8) is 0 Å². The lowest BCUT2D eigenvalue weighted by Crippen LogP contribution is -2.13. The SMILES string of the molecule is CN(C)CCCCc1ccc2c(Nc3ccc(C(=O)Nc4ccccc4)cc3)ccnc2n1. The van der Waals surface area contributed by atoms with Crippen molar-refractivity contribution in [2.75, 3.05) is 31.3 Å². The largest absolute Gasteiger partial charge is 0.355 e. The van der Waals surface area contributed by atoms with Crippen LogP contribution in [-0.4, -0.2) is 41.4 Å². The zero-order chi connectivity index (χ0) is 23.0. The average Bonchev–Trinajstić information content (AvgIpc) is 2.83. The smallest absolute Gasteiger partial charge is 0.255 e. The summed E-state index contributed by atoms with van der Waals surface area (Å²) in [6, 6.07) is 23.0. The summed E-state index contributed by atoms with van der Waals surface area (Å²) in [7, 11) is 4.19. The van der Waals surface area contributed by atoms with Crippen molar-refractivity contribution < 1.29 is 4.79 Å². The fourth-order valence-corrected chi connectivity index (χ4v) is 3.64. The molecule has 0 unspecified atom stereocenters. The zero-order valence-corrected chi connectivity index (χ0v) is 19.1. The first-order valence-electron chi connectivity index (χ1n) is 11.2. The second-order valence-electron chi connectivity index (χ2n) is 8.32. The number of anilines is 3. The van der Waals surface area contributed by atoms with Gasteiger partial charge in [0.25, 0.3) is 5.91 Å². The van der Waals surface area contributed by atoms with Crippen molar-refractivity contribution >= 4 is 34.0 Å². The maximum Gasteiger partial charge on any atom is 0.255 e. The summed E-state index contributed by atoms with van der Waals surface area (Å²) in [6.07, 6.45) is 4.99. The van der Waals surface area contributed by atoms with Crippen LogP contribution in [0.2, 0.25) is 0 Å². The molecule has 2 heterocycles. The molecule has 2 aromatic heterocycles. The Kier molecular flexibility index (Phi) is 7.27. The van der Waals surface area contributed by atoms with Crippen molar-refractivity contribution in [1.29, 1.82) is 0 Å². The number of hydrogen-bond acceptors (Lipinski definition) is 5. The van der Waals surface area contributed by atoms with Gasteiger partial charge in [0.2, 0.25) is 0 Å². The fraction of sp³-hybridized carbons (Fsp3) is 0.222. The highest BCUT2D eigenvalue weighted by atomic mass is 16.1. The maximum atomic E-state index is 12.5. The number of hydrogen-bond donors (Lipinski definition) is 2. The number of nitrogens with one attached hydrogen (secondary N) is 2. The summed E-state index contributed by atoms with van der Waals surface area (Å²) in [5.74, 6) is -0.135. The highest BCUT2D eigenvalue weighted by Gasteiger charge is 2.08. The quantitative estimate of drug-likeness (QED) is 0.337. The van der Waals surface area contributed by atoms with Gasteiger partial charge in [-0.2, -0.15) is 0 Å². The number of carbonyl (C=O) groups is 1. The second kappa shape index (κ2) is 10.7. The Balaban J connectivity index is 1.42. The third kappa shape index (κ3) is 6.14. The molecule has 2 aromatic carbocycles. The minimum atomic E-state index is -0.135. The highest BCUT2D eigenvalue weighted by Crippen LogP contribution is 2.25. The number of nitrogens with zero attached hydrogens (tertiary/aromatic N) is 3. The van der Waals surface area contributed by atoms with Gasteiger partial charge in [0.1, 0.15) is 0 Å². The van der Waals surface area contributed by atoms with Crippen LogP contribution in [0.25, 0.3) is 11.0 Å². The first kappa shape index (κ1) is 22.4. The van der Waals surface area contributed by atoms with Gasteiger partial charge in [0, 0.05) is 34.2 Å². The summed E-state index contributed by atoms with van der Waals surface area (Å²) < 4.78 is 0. The van der Waals surface area contributed by atoms with E-state index in [1.54, 1.807) is 6.20 Å². The van der Waals surface area contributed by atoms with Gasteiger partial charge in [0.15, 0.2) is 5.65 Å². The Morgan fingerprint density at radius 1 is 0.879 bits per heavy atom. The molecule has 0 atom stereocenters. The molecule has 0 spiro atoms. The summed E-state index contributed by atoms with van der Waals surface area (Å²) >= 11 is 0. The van der Waals surface area contributed by atoms with E-state index in [-0.39, 0.29) is 5.91 Å². The van der Waals surface area contributed by atoms with E-state index in [4.69, 9.17) is 4.98 Å². The van der Waals surface area contributed by atoms with E-state index >= 15 is 0 Å². The Bertz CT molecular complexity index is 1210. The predicted octanol–water partition coefficient (Wildman–Crippen LogP) is 5.51. The topological polar surface area (TPSA) is 70.2 Å². The molecule has 0 fully saturated rings. The van der Waals surface area contributed by atoms with Gasteiger partial charge in [-0.15, -0.1) is 0 Å². The van der Waals surface area contributed by atoms with Crippen LogP contribution >= 0.6 is 0 Å². The molecule has 0 radical (unpaired) electrons. The number of rotatable bonds is 9. The molecule has 4 rings (SSSR count). The molecule has 6 nitrogen and oxygen atoms in total. The lowest BCUT2D eigenvalue weighted by Gasteiger charge is -2.11. The molecule has 0 bridgehead atoms. The van der Waals surface area contributed by atoms with E-state index in [9.17, 15) is 4.79 Å². The van der Waals surface area contributed by atoms with Crippen LogP contribution in [0.4, 0.5) is 17.1 Å². The summed E-state index contributed by atoms with van der Waals surface area (Å²) in [4.78, 5) is 23.9. The van der Waals surface area contributed by atoms with Crippen molar-refractivity contribution in [3.8, 4) is 0 Å². The second-order valence-corrected chi connectivity index (χ2v) is 8.32. The number of unbranched alkanes of at least 4 members (excludes halogenated alkanes) is 1. The Hall–Kier alpha value is -3.77. The summed E-state index contributed by atoms with van der Waals surface area (Å²) in [5.41, 5.74) is 5.02. The van der Waals surface area contributed by atoms with Crippen LogP contribution in [0.1, 0.15) is 28.9 Å². The Morgan fingerprint density at radius 3 is 2.42 bits per heavy atom. The van der Waals surface area contributed by atoms with Crippen LogP contribution in [0.5, 0.6) is 0 Å². The van der Waals surface area contributed by atoms with E-state index in [2.05, 4.69) is 46.7 Å². The molecule has 0 saturated carbocycles. The number of para-hydroxylation sites is 1. The van der Waals surface area contributed by atoms with Crippen LogP contribution in [0.15, 0.2) is 79.0 Å². The van der Waals surface area contributed by atoms with Gasteiger partial charge in [-0.1, -0.05) is 18.2 Å². The van der Waals surface area contributed by atoms with E-state index < -0.39 is 0 Å². The number of aromatic nitrogens is 2. The van der Waals surface area contributed by atoms with Gasteiger partial charge in [-0.05, 0) is 94.5 Å². The average molecular weight is 440 g/mol. The zero-order valence-electron chi connectivity index (χ0n) is 19.1.